The number of ether oxygens (including phenoxy) is 1. The van der Waals surface area contributed by atoms with E-state index in [1.807, 2.05) is 18.2 Å². The SMILES string of the molecule is CCNCc1ccc(OCc2cccs2)cn1. The van der Waals surface area contributed by atoms with E-state index in [4.69, 9.17) is 4.74 Å². The molecule has 4 heteroatoms. The number of aromatic nitrogens is 1. The van der Waals surface area contributed by atoms with Crippen LogP contribution in [0, 0.1) is 0 Å². The summed E-state index contributed by atoms with van der Waals surface area (Å²) in [4.78, 5) is 5.56. The van der Waals surface area contributed by atoms with Crippen molar-refractivity contribution in [3.63, 3.8) is 0 Å². The largest absolute Gasteiger partial charge is 0.486 e. The van der Waals surface area contributed by atoms with E-state index in [1.54, 1.807) is 17.5 Å². The molecule has 1 N–H and O–H groups in total. The van der Waals surface area contributed by atoms with Crippen LogP contribution in [-0.4, -0.2) is 11.5 Å². The first kappa shape index (κ1) is 12.1. The summed E-state index contributed by atoms with van der Waals surface area (Å²) < 4.78 is 5.64. The van der Waals surface area contributed by atoms with Crippen molar-refractivity contribution in [2.75, 3.05) is 6.54 Å². The molecule has 2 aromatic rings. The molecule has 90 valence electrons. The first-order valence-electron chi connectivity index (χ1n) is 5.69. The van der Waals surface area contributed by atoms with Gasteiger partial charge in [-0.1, -0.05) is 13.0 Å². The Labute approximate surface area is 105 Å². The Bertz CT molecular complexity index is 425. The second kappa shape index (κ2) is 6.37. The molecule has 2 rings (SSSR count). The molecule has 0 atom stereocenters. The zero-order valence-electron chi connectivity index (χ0n) is 9.85. The average Bonchev–Trinajstić information content (AvgIpc) is 2.88. The molecule has 0 radical (unpaired) electrons. The van der Waals surface area contributed by atoms with Gasteiger partial charge in [-0.25, -0.2) is 0 Å². The molecular formula is C13H16N2OS. The molecule has 2 aromatic heterocycles. The van der Waals surface area contributed by atoms with E-state index < -0.39 is 0 Å². The summed E-state index contributed by atoms with van der Waals surface area (Å²) in [5.74, 6) is 0.818. The zero-order valence-corrected chi connectivity index (χ0v) is 10.7. The lowest BCUT2D eigenvalue weighted by atomic mass is 10.3. The van der Waals surface area contributed by atoms with E-state index in [9.17, 15) is 0 Å². The van der Waals surface area contributed by atoms with Crippen LogP contribution in [0.4, 0.5) is 0 Å². The second-order valence-corrected chi connectivity index (χ2v) is 4.67. The van der Waals surface area contributed by atoms with Crippen molar-refractivity contribution >= 4 is 11.3 Å². The van der Waals surface area contributed by atoms with Crippen LogP contribution in [0.1, 0.15) is 17.5 Å². The minimum atomic E-state index is 0.617. The molecule has 0 aromatic carbocycles. The molecule has 0 aliphatic carbocycles. The van der Waals surface area contributed by atoms with Crippen LogP contribution < -0.4 is 10.1 Å². The predicted octanol–water partition coefficient (Wildman–Crippen LogP) is 2.83. The fraction of sp³-hybridized carbons (Fsp3) is 0.308. The molecule has 0 amide bonds. The Morgan fingerprint density at radius 1 is 1.35 bits per heavy atom. The number of nitrogens with one attached hydrogen (secondary N) is 1. The number of thiophene rings is 1. The monoisotopic (exact) mass is 248 g/mol. The second-order valence-electron chi connectivity index (χ2n) is 3.63. The van der Waals surface area contributed by atoms with Gasteiger partial charge in [0.25, 0.3) is 0 Å². The Kier molecular flexibility index (Phi) is 4.53. The number of hydrogen-bond donors (Lipinski definition) is 1. The van der Waals surface area contributed by atoms with Gasteiger partial charge in [0.05, 0.1) is 11.9 Å². The third-order valence-corrected chi connectivity index (χ3v) is 3.16. The lowest BCUT2D eigenvalue weighted by Crippen LogP contribution is -2.12. The quantitative estimate of drug-likeness (QED) is 0.853. The van der Waals surface area contributed by atoms with Crippen LogP contribution >= 0.6 is 11.3 Å². The summed E-state index contributed by atoms with van der Waals surface area (Å²) in [5.41, 5.74) is 1.04. The number of nitrogens with zero attached hydrogens (tertiary/aromatic N) is 1. The molecule has 0 saturated carbocycles. The highest BCUT2D eigenvalue weighted by atomic mass is 32.1. The summed E-state index contributed by atoms with van der Waals surface area (Å²) >= 11 is 1.70. The summed E-state index contributed by atoms with van der Waals surface area (Å²) in [7, 11) is 0. The maximum Gasteiger partial charge on any atom is 0.138 e. The van der Waals surface area contributed by atoms with Crippen molar-refractivity contribution in [1.29, 1.82) is 0 Å². The molecule has 0 aliphatic heterocycles. The third-order valence-electron chi connectivity index (χ3n) is 2.31. The van der Waals surface area contributed by atoms with Gasteiger partial charge >= 0.3 is 0 Å². The number of rotatable bonds is 6. The van der Waals surface area contributed by atoms with Crippen molar-refractivity contribution in [2.24, 2.45) is 0 Å². The van der Waals surface area contributed by atoms with Crippen LogP contribution in [0.2, 0.25) is 0 Å². The van der Waals surface area contributed by atoms with Crippen molar-refractivity contribution in [1.82, 2.24) is 10.3 Å². The van der Waals surface area contributed by atoms with E-state index in [-0.39, 0.29) is 0 Å². The van der Waals surface area contributed by atoms with E-state index in [1.165, 1.54) is 4.88 Å². The molecule has 0 bridgehead atoms. The van der Waals surface area contributed by atoms with Crippen molar-refractivity contribution in [3.05, 3.63) is 46.4 Å². The van der Waals surface area contributed by atoms with Crippen molar-refractivity contribution in [2.45, 2.75) is 20.1 Å². The van der Waals surface area contributed by atoms with Gasteiger partial charge in [-0.05, 0) is 30.1 Å². The molecule has 0 fully saturated rings. The summed E-state index contributed by atoms with van der Waals surface area (Å²) in [5, 5.41) is 5.29. The smallest absolute Gasteiger partial charge is 0.138 e. The lowest BCUT2D eigenvalue weighted by Gasteiger charge is -2.05. The summed E-state index contributed by atoms with van der Waals surface area (Å²) in [6.07, 6.45) is 1.78. The molecule has 0 aliphatic rings. The van der Waals surface area contributed by atoms with E-state index in [0.29, 0.717) is 6.61 Å². The van der Waals surface area contributed by atoms with Crippen LogP contribution in [0.25, 0.3) is 0 Å². The molecular weight excluding hydrogens is 232 g/mol. The predicted molar refractivity (Wildman–Crippen MR) is 70.3 cm³/mol. The van der Waals surface area contributed by atoms with Gasteiger partial charge in [0, 0.05) is 11.4 Å². The highest BCUT2D eigenvalue weighted by Gasteiger charge is 1.98. The zero-order chi connectivity index (χ0) is 11.9. The van der Waals surface area contributed by atoms with Crippen LogP contribution in [0.5, 0.6) is 5.75 Å². The molecule has 0 spiro atoms. The van der Waals surface area contributed by atoms with Crippen LogP contribution in [0.3, 0.4) is 0 Å². The first-order chi connectivity index (χ1) is 8.38. The van der Waals surface area contributed by atoms with Crippen LogP contribution in [0.15, 0.2) is 35.8 Å². The normalized spacial score (nSPS) is 10.4. The van der Waals surface area contributed by atoms with Crippen LogP contribution in [-0.2, 0) is 13.2 Å². The fourth-order valence-corrected chi connectivity index (χ4v) is 2.02. The standard InChI is InChI=1S/C13H16N2OS/c1-2-14-8-11-5-6-12(9-15-11)16-10-13-4-3-7-17-13/h3-7,9,14H,2,8,10H2,1H3. The maximum absolute atomic E-state index is 5.64. The minimum Gasteiger partial charge on any atom is -0.486 e. The number of pyridine rings is 1. The Hall–Kier alpha value is -1.39. The third kappa shape index (κ3) is 3.84. The van der Waals surface area contributed by atoms with E-state index >= 15 is 0 Å². The molecule has 3 nitrogen and oxygen atoms in total. The van der Waals surface area contributed by atoms with Gasteiger partial charge in [0.15, 0.2) is 0 Å². The van der Waals surface area contributed by atoms with Gasteiger partial charge in [-0.2, -0.15) is 0 Å². The lowest BCUT2D eigenvalue weighted by molar-refractivity contribution is 0.308. The topological polar surface area (TPSA) is 34.1 Å². The Morgan fingerprint density at radius 3 is 2.94 bits per heavy atom. The molecule has 2 heterocycles. The molecule has 0 unspecified atom stereocenters. The van der Waals surface area contributed by atoms with Gasteiger partial charge in [0.1, 0.15) is 12.4 Å². The van der Waals surface area contributed by atoms with E-state index in [0.717, 1.165) is 24.5 Å². The van der Waals surface area contributed by atoms with E-state index in [2.05, 4.69) is 28.7 Å². The fourth-order valence-electron chi connectivity index (χ4n) is 1.40. The van der Waals surface area contributed by atoms with Gasteiger partial charge in [-0.15, -0.1) is 11.3 Å². The highest BCUT2D eigenvalue weighted by molar-refractivity contribution is 7.09. The molecule has 0 saturated heterocycles. The highest BCUT2D eigenvalue weighted by Crippen LogP contribution is 2.14. The van der Waals surface area contributed by atoms with Crippen molar-refractivity contribution < 1.29 is 4.74 Å². The maximum atomic E-state index is 5.64. The Balaban J connectivity index is 1.85. The van der Waals surface area contributed by atoms with Crippen molar-refractivity contribution in [3.8, 4) is 5.75 Å². The van der Waals surface area contributed by atoms with Gasteiger partial charge < -0.3 is 10.1 Å². The summed E-state index contributed by atoms with van der Waals surface area (Å²) in [6, 6.07) is 8.05. The number of hydrogen-bond acceptors (Lipinski definition) is 4. The Morgan fingerprint density at radius 2 is 2.29 bits per heavy atom. The average molecular weight is 248 g/mol. The minimum absolute atomic E-state index is 0.617. The molecule has 17 heavy (non-hydrogen) atoms. The first-order valence-corrected chi connectivity index (χ1v) is 6.57. The summed E-state index contributed by atoms with van der Waals surface area (Å²) in [6.45, 7) is 4.46. The van der Waals surface area contributed by atoms with Gasteiger partial charge in [-0.3, -0.25) is 4.98 Å². The van der Waals surface area contributed by atoms with Gasteiger partial charge in [0.2, 0.25) is 0 Å².